The molecule has 0 atom stereocenters. The van der Waals surface area contributed by atoms with Crippen molar-refractivity contribution in [1.82, 2.24) is 20.1 Å². The summed E-state index contributed by atoms with van der Waals surface area (Å²) in [6.45, 7) is 4.50. The summed E-state index contributed by atoms with van der Waals surface area (Å²) in [7, 11) is 0. The molecular weight excluding hydrogens is 362 g/mol. The molecule has 2 heterocycles. The van der Waals surface area contributed by atoms with E-state index < -0.39 is 0 Å². The second-order valence-corrected chi connectivity index (χ2v) is 7.93. The first-order chi connectivity index (χ1) is 13.3. The van der Waals surface area contributed by atoms with Crippen molar-refractivity contribution in [2.75, 3.05) is 43.5 Å². The molecule has 0 spiro atoms. The summed E-state index contributed by atoms with van der Waals surface area (Å²) >= 11 is 1.45. The van der Waals surface area contributed by atoms with Crippen molar-refractivity contribution in [1.29, 1.82) is 0 Å². The summed E-state index contributed by atoms with van der Waals surface area (Å²) in [5.41, 5.74) is 1.19. The summed E-state index contributed by atoms with van der Waals surface area (Å²) in [5.74, 6) is 1.97. The first-order valence-corrected chi connectivity index (χ1v) is 10.5. The highest BCUT2D eigenvalue weighted by atomic mass is 32.2. The maximum atomic E-state index is 12.1. The van der Waals surface area contributed by atoms with E-state index in [4.69, 9.17) is 4.74 Å². The number of anilines is 1. The number of thioether (sulfide) groups is 1. The number of carbonyl (C=O) groups excluding carboxylic acids is 1. The fraction of sp³-hybridized carbons (Fsp3) is 0.526. The number of benzene rings is 1. The highest BCUT2D eigenvalue weighted by Crippen LogP contribution is 2.28. The predicted octanol–water partition coefficient (Wildman–Crippen LogP) is 1.78. The second-order valence-electron chi connectivity index (χ2n) is 6.99. The quantitative estimate of drug-likeness (QED) is 0.696. The molecule has 2 aromatic rings. The molecule has 1 aliphatic heterocycles. The average Bonchev–Trinajstić information content (AvgIpc) is 3.46. The van der Waals surface area contributed by atoms with Crippen LogP contribution in [0.4, 0.5) is 5.95 Å². The standard InChI is InChI=1S/C19H25N5O2S/c25-17(20-12-15-6-7-15)14-27-19-22-21-18(23-8-10-26-11-9-23)24(19)13-16-4-2-1-3-5-16/h1-5,15H,6-14H2,(H,20,25). The summed E-state index contributed by atoms with van der Waals surface area (Å²) in [6, 6.07) is 10.3. The van der Waals surface area contributed by atoms with Crippen molar-refractivity contribution in [3.05, 3.63) is 35.9 Å². The van der Waals surface area contributed by atoms with E-state index in [1.807, 2.05) is 18.2 Å². The third kappa shape index (κ3) is 5.01. The SMILES string of the molecule is O=C(CSc1nnc(N2CCOCC2)n1Cc1ccccc1)NCC1CC1. The Balaban J connectivity index is 1.47. The third-order valence-electron chi connectivity index (χ3n) is 4.79. The molecule has 8 heteroatoms. The Kier molecular flexibility index (Phi) is 5.94. The number of carbonyl (C=O) groups is 1. The van der Waals surface area contributed by atoms with Crippen LogP contribution in [0.25, 0.3) is 0 Å². The Morgan fingerprint density at radius 1 is 1.19 bits per heavy atom. The molecule has 2 fully saturated rings. The number of aromatic nitrogens is 3. The van der Waals surface area contributed by atoms with Crippen LogP contribution in [0.2, 0.25) is 0 Å². The van der Waals surface area contributed by atoms with Gasteiger partial charge in [-0.15, -0.1) is 10.2 Å². The van der Waals surface area contributed by atoms with Gasteiger partial charge in [-0.25, -0.2) is 0 Å². The summed E-state index contributed by atoms with van der Waals surface area (Å²) < 4.78 is 7.57. The molecule has 1 aromatic carbocycles. The smallest absolute Gasteiger partial charge is 0.230 e. The van der Waals surface area contributed by atoms with Crippen LogP contribution in [0.1, 0.15) is 18.4 Å². The number of hydrogen-bond acceptors (Lipinski definition) is 6. The van der Waals surface area contributed by atoms with Crippen LogP contribution in [0.3, 0.4) is 0 Å². The minimum absolute atomic E-state index is 0.0640. The molecular formula is C19H25N5O2S. The number of rotatable bonds is 8. The Labute approximate surface area is 163 Å². The fourth-order valence-corrected chi connectivity index (χ4v) is 3.81. The van der Waals surface area contributed by atoms with Gasteiger partial charge in [-0.2, -0.15) is 0 Å². The van der Waals surface area contributed by atoms with Crippen molar-refractivity contribution >= 4 is 23.6 Å². The van der Waals surface area contributed by atoms with E-state index in [1.54, 1.807) is 0 Å². The topological polar surface area (TPSA) is 72.3 Å². The molecule has 27 heavy (non-hydrogen) atoms. The lowest BCUT2D eigenvalue weighted by molar-refractivity contribution is -0.118. The first-order valence-electron chi connectivity index (χ1n) is 9.49. The van der Waals surface area contributed by atoms with E-state index in [9.17, 15) is 4.79 Å². The maximum Gasteiger partial charge on any atom is 0.230 e. The lowest BCUT2D eigenvalue weighted by Gasteiger charge is -2.28. The van der Waals surface area contributed by atoms with Crippen LogP contribution in [-0.2, 0) is 16.1 Å². The molecule has 0 radical (unpaired) electrons. The number of morpholine rings is 1. The third-order valence-corrected chi connectivity index (χ3v) is 5.76. The summed E-state index contributed by atoms with van der Waals surface area (Å²) in [6.07, 6.45) is 2.48. The Bertz CT molecular complexity index is 757. The molecule has 1 saturated heterocycles. The van der Waals surface area contributed by atoms with Gasteiger partial charge in [0.05, 0.1) is 25.5 Å². The van der Waals surface area contributed by atoms with Crippen molar-refractivity contribution in [2.24, 2.45) is 5.92 Å². The molecule has 1 aromatic heterocycles. The monoisotopic (exact) mass is 387 g/mol. The van der Waals surface area contributed by atoms with Gasteiger partial charge in [-0.1, -0.05) is 42.1 Å². The zero-order valence-electron chi connectivity index (χ0n) is 15.3. The van der Waals surface area contributed by atoms with E-state index in [-0.39, 0.29) is 5.91 Å². The van der Waals surface area contributed by atoms with Gasteiger partial charge in [0.15, 0.2) is 5.16 Å². The van der Waals surface area contributed by atoms with Gasteiger partial charge in [0.25, 0.3) is 0 Å². The van der Waals surface area contributed by atoms with E-state index in [0.717, 1.165) is 30.7 Å². The molecule has 1 aliphatic carbocycles. The fourth-order valence-electron chi connectivity index (χ4n) is 3.05. The van der Waals surface area contributed by atoms with Crippen molar-refractivity contribution in [2.45, 2.75) is 24.5 Å². The number of hydrogen-bond donors (Lipinski definition) is 1. The number of amides is 1. The zero-order chi connectivity index (χ0) is 18.5. The molecule has 0 bridgehead atoms. The van der Waals surface area contributed by atoms with Crippen LogP contribution in [0.15, 0.2) is 35.5 Å². The van der Waals surface area contributed by atoms with Crippen LogP contribution in [0, 0.1) is 5.92 Å². The van der Waals surface area contributed by atoms with Gasteiger partial charge < -0.3 is 15.0 Å². The van der Waals surface area contributed by atoms with Gasteiger partial charge in [0.1, 0.15) is 0 Å². The van der Waals surface area contributed by atoms with Gasteiger partial charge in [0.2, 0.25) is 11.9 Å². The number of ether oxygens (including phenoxy) is 1. The Hall–Kier alpha value is -2.06. The predicted molar refractivity (Wildman–Crippen MR) is 105 cm³/mol. The second kappa shape index (κ2) is 8.75. The molecule has 1 N–H and O–H groups in total. The minimum Gasteiger partial charge on any atom is -0.378 e. The molecule has 2 aliphatic rings. The molecule has 0 unspecified atom stereocenters. The Morgan fingerprint density at radius 3 is 2.70 bits per heavy atom. The van der Waals surface area contributed by atoms with Gasteiger partial charge in [-0.05, 0) is 24.3 Å². The molecule has 1 saturated carbocycles. The van der Waals surface area contributed by atoms with Crippen LogP contribution in [0.5, 0.6) is 0 Å². The largest absolute Gasteiger partial charge is 0.378 e. The maximum absolute atomic E-state index is 12.1. The summed E-state index contributed by atoms with van der Waals surface area (Å²) in [5, 5.41) is 12.6. The van der Waals surface area contributed by atoms with Gasteiger partial charge in [0, 0.05) is 19.6 Å². The highest BCUT2D eigenvalue weighted by Gasteiger charge is 2.23. The van der Waals surface area contributed by atoms with Crippen molar-refractivity contribution in [3.8, 4) is 0 Å². The molecule has 7 nitrogen and oxygen atoms in total. The van der Waals surface area contributed by atoms with E-state index >= 15 is 0 Å². The highest BCUT2D eigenvalue weighted by molar-refractivity contribution is 7.99. The van der Waals surface area contributed by atoms with Crippen LogP contribution >= 0.6 is 11.8 Å². The summed E-state index contributed by atoms with van der Waals surface area (Å²) in [4.78, 5) is 14.3. The first kappa shape index (κ1) is 18.3. The molecule has 1 amide bonds. The Morgan fingerprint density at radius 2 is 1.96 bits per heavy atom. The number of nitrogens with zero attached hydrogens (tertiary/aromatic N) is 4. The van der Waals surface area contributed by atoms with Crippen LogP contribution < -0.4 is 10.2 Å². The van der Waals surface area contributed by atoms with E-state index in [1.165, 1.54) is 30.2 Å². The van der Waals surface area contributed by atoms with Gasteiger partial charge in [-0.3, -0.25) is 9.36 Å². The van der Waals surface area contributed by atoms with Crippen molar-refractivity contribution in [3.63, 3.8) is 0 Å². The lowest BCUT2D eigenvalue weighted by atomic mass is 10.2. The molecule has 4 rings (SSSR count). The van der Waals surface area contributed by atoms with Gasteiger partial charge >= 0.3 is 0 Å². The lowest BCUT2D eigenvalue weighted by Crippen LogP contribution is -2.38. The normalized spacial score (nSPS) is 17.1. The average molecular weight is 388 g/mol. The van der Waals surface area contributed by atoms with E-state index in [2.05, 4.69) is 37.1 Å². The van der Waals surface area contributed by atoms with E-state index in [0.29, 0.717) is 31.4 Å². The van der Waals surface area contributed by atoms with Crippen LogP contribution in [-0.4, -0.2) is 59.3 Å². The van der Waals surface area contributed by atoms with Crippen molar-refractivity contribution < 1.29 is 9.53 Å². The molecule has 144 valence electrons. The zero-order valence-corrected chi connectivity index (χ0v) is 16.2. The minimum atomic E-state index is 0.0640. The number of nitrogens with one attached hydrogen (secondary N) is 1.